The van der Waals surface area contributed by atoms with Crippen molar-refractivity contribution in [2.75, 3.05) is 11.5 Å². The number of nitrogen functional groups attached to an aromatic ring is 2. The molecule has 0 aliphatic carbocycles. The lowest BCUT2D eigenvalue weighted by molar-refractivity contribution is 0.513. The van der Waals surface area contributed by atoms with E-state index in [2.05, 4.69) is 0 Å². The van der Waals surface area contributed by atoms with Crippen LogP contribution in [-0.2, 0) is 4.57 Å². The van der Waals surface area contributed by atoms with Crippen molar-refractivity contribution in [3.05, 3.63) is 18.2 Å². The minimum Gasteiger partial charge on any atom is -0.397 e. The molecule has 0 saturated heterocycles. The molecule has 11 heavy (non-hydrogen) atoms. The Morgan fingerprint density at radius 1 is 1.36 bits per heavy atom. The van der Waals surface area contributed by atoms with Crippen molar-refractivity contribution < 1.29 is 9.46 Å². The second-order valence-electron chi connectivity index (χ2n) is 2.05. The molecule has 5 heteroatoms. The van der Waals surface area contributed by atoms with Gasteiger partial charge in [-0.2, -0.15) is 0 Å². The average Bonchev–Trinajstić information content (AvgIpc) is 1.94. The number of hydrogen-bond acceptors (Lipinski definition) is 3. The third-order valence-electron chi connectivity index (χ3n) is 1.32. The monoisotopic (exact) mass is 171 g/mol. The fourth-order valence-corrected chi connectivity index (χ4v) is 1.29. The van der Waals surface area contributed by atoms with E-state index in [9.17, 15) is 4.57 Å². The van der Waals surface area contributed by atoms with Gasteiger partial charge in [0.2, 0.25) is 8.03 Å². The molecule has 1 aromatic rings. The van der Waals surface area contributed by atoms with Crippen LogP contribution in [0.25, 0.3) is 0 Å². The predicted molar refractivity (Wildman–Crippen MR) is 44.7 cm³/mol. The highest BCUT2D eigenvalue weighted by Crippen LogP contribution is 2.21. The molecule has 0 saturated carbocycles. The van der Waals surface area contributed by atoms with Gasteiger partial charge in [0.25, 0.3) is 0 Å². The lowest BCUT2D eigenvalue weighted by Crippen LogP contribution is -2.07. The summed E-state index contributed by atoms with van der Waals surface area (Å²) in [6.07, 6.45) is 0. The molecule has 0 spiro atoms. The Kier molecular flexibility index (Phi) is 2.08. The lowest BCUT2D eigenvalue weighted by atomic mass is 10.3. The quantitative estimate of drug-likeness (QED) is 0.416. The highest BCUT2D eigenvalue weighted by Gasteiger charge is 2.06. The molecule has 1 atom stereocenters. The van der Waals surface area contributed by atoms with Crippen molar-refractivity contribution >= 4 is 24.7 Å². The molecule has 1 radical (unpaired) electrons. The molecule has 4 nitrogen and oxygen atoms in total. The Bertz CT molecular complexity index is 301. The Balaban J connectivity index is 3.27. The van der Waals surface area contributed by atoms with Crippen LogP contribution in [0.2, 0.25) is 0 Å². The van der Waals surface area contributed by atoms with Gasteiger partial charge < -0.3 is 16.4 Å². The molecular formula is C6H8N2O2P. The average molecular weight is 171 g/mol. The van der Waals surface area contributed by atoms with Crippen molar-refractivity contribution in [2.45, 2.75) is 0 Å². The first-order valence-electron chi connectivity index (χ1n) is 2.93. The van der Waals surface area contributed by atoms with Crippen LogP contribution in [-0.4, -0.2) is 4.89 Å². The fraction of sp³-hybridized carbons (Fsp3) is 0. The predicted octanol–water partition coefficient (Wildman–Crippen LogP) is 0.211. The smallest absolute Gasteiger partial charge is 0.246 e. The van der Waals surface area contributed by atoms with E-state index in [4.69, 9.17) is 16.4 Å². The Labute approximate surface area is 64.7 Å². The molecule has 1 rings (SSSR count). The molecular weight excluding hydrogens is 163 g/mol. The lowest BCUT2D eigenvalue weighted by Gasteiger charge is -2.02. The maximum atomic E-state index is 10.6. The van der Waals surface area contributed by atoms with E-state index in [1.54, 1.807) is 12.1 Å². The van der Waals surface area contributed by atoms with Crippen LogP contribution in [0.15, 0.2) is 18.2 Å². The zero-order valence-electron chi connectivity index (χ0n) is 5.69. The summed E-state index contributed by atoms with van der Waals surface area (Å²) in [6, 6.07) is 4.65. The van der Waals surface area contributed by atoms with E-state index in [1.807, 2.05) is 0 Å². The van der Waals surface area contributed by atoms with Crippen LogP contribution in [0.5, 0.6) is 0 Å². The molecule has 0 aromatic heterocycles. The van der Waals surface area contributed by atoms with E-state index in [1.165, 1.54) is 6.07 Å². The molecule has 0 fully saturated rings. The molecule has 0 bridgehead atoms. The number of rotatable bonds is 1. The summed E-state index contributed by atoms with van der Waals surface area (Å²) in [7, 11) is -2.39. The van der Waals surface area contributed by atoms with E-state index in [-0.39, 0.29) is 11.0 Å². The van der Waals surface area contributed by atoms with E-state index in [0.29, 0.717) is 5.69 Å². The van der Waals surface area contributed by atoms with Crippen molar-refractivity contribution in [1.29, 1.82) is 0 Å². The van der Waals surface area contributed by atoms with Gasteiger partial charge in [-0.3, -0.25) is 4.57 Å². The third kappa shape index (κ3) is 1.48. The maximum absolute atomic E-state index is 10.6. The fourth-order valence-electron chi connectivity index (χ4n) is 0.737. The molecule has 1 aromatic carbocycles. The first kappa shape index (κ1) is 7.98. The minimum atomic E-state index is -2.39. The van der Waals surface area contributed by atoms with E-state index in [0.717, 1.165) is 0 Å². The van der Waals surface area contributed by atoms with Crippen LogP contribution in [0.3, 0.4) is 0 Å². The highest BCUT2D eigenvalue weighted by atomic mass is 31.1. The Hall–Kier alpha value is -1.12. The van der Waals surface area contributed by atoms with Gasteiger partial charge in [0.05, 0.1) is 16.7 Å². The van der Waals surface area contributed by atoms with Gasteiger partial charge in [0, 0.05) is 0 Å². The summed E-state index contributed by atoms with van der Waals surface area (Å²) in [4.78, 5) is 8.70. The number of benzene rings is 1. The van der Waals surface area contributed by atoms with Crippen molar-refractivity contribution in [3.8, 4) is 0 Å². The second kappa shape index (κ2) is 2.86. The largest absolute Gasteiger partial charge is 0.397 e. The number of anilines is 2. The second-order valence-corrected chi connectivity index (χ2v) is 3.08. The summed E-state index contributed by atoms with van der Waals surface area (Å²) < 4.78 is 10.6. The summed E-state index contributed by atoms with van der Waals surface area (Å²) in [5.74, 6) is 0. The molecule has 0 heterocycles. The van der Waals surface area contributed by atoms with Crippen molar-refractivity contribution in [3.63, 3.8) is 0 Å². The Morgan fingerprint density at radius 3 is 2.45 bits per heavy atom. The van der Waals surface area contributed by atoms with Gasteiger partial charge in [0.15, 0.2) is 0 Å². The number of para-hydroxylation sites is 1. The standard InChI is InChI=1S/C6H8N2O2P/c7-4-2-1-3-5(6(4)8)11(9)10/h1-3H,7-8H2,(H,9,10). The summed E-state index contributed by atoms with van der Waals surface area (Å²) >= 11 is 0. The number of nitrogens with two attached hydrogens (primary N) is 2. The van der Waals surface area contributed by atoms with E-state index >= 15 is 0 Å². The third-order valence-corrected chi connectivity index (χ3v) is 2.13. The highest BCUT2D eigenvalue weighted by molar-refractivity contribution is 7.47. The molecule has 5 N–H and O–H groups in total. The van der Waals surface area contributed by atoms with Crippen LogP contribution >= 0.6 is 8.03 Å². The summed E-state index contributed by atoms with van der Waals surface area (Å²) in [5, 5.41) is 0.194. The molecule has 0 aliphatic heterocycles. The molecule has 1 unspecified atom stereocenters. The molecule has 0 aliphatic rings. The van der Waals surface area contributed by atoms with Gasteiger partial charge in [-0.25, -0.2) is 0 Å². The Morgan fingerprint density at radius 2 is 2.00 bits per heavy atom. The normalized spacial score (nSPS) is 11.2. The molecule has 0 amide bonds. The van der Waals surface area contributed by atoms with Crippen molar-refractivity contribution in [2.24, 2.45) is 0 Å². The topological polar surface area (TPSA) is 89.3 Å². The van der Waals surface area contributed by atoms with Gasteiger partial charge >= 0.3 is 0 Å². The maximum Gasteiger partial charge on any atom is 0.246 e. The number of hydrogen-bond donors (Lipinski definition) is 3. The summed E-state index contributed by atoms with van der Waals surface area (Å²) in [5.41, 5.74) is 11.3. The van der Waals surface area contributed by atoms with Crippen LogP contribution in [0.4, 0.5) is 11.4 Å². The summed E-state index contributed by atoms with van der Waals surface area (Å²) in [6.45, 7) is 0. The van der Waals surface area contributed by atoms with E-state index < -0.39 is 8.03 Å². The molecule has 59 valence electrons. The van der Waals surface area contributed by atoms with Gasteiger partial charge in [-0.05, 0) is 12.1 Å². The van der Waals surface area contributed by atoms with Gasteiger partial charge in [-0.15, -0.1) is 0 Å². The van der Waals surface area contributed by atoms with Crippen LogP contribution in [0, 0.1) is 0 Å². The zero-order chi connectivity index (χ0) is 8.43. The van der Waals surface area contributed by atoms with Crippen LogP contribution < -0.4 is 16.8 Å². The first-order chi connectivity index (χ1) is 5.13. The van der Waals surface area contributed by atoms with Crippen LogP contribution in [0.1, 0.15) is 0 Å². The SMILES string of the molecule is Nc1cccc([P](=O)O)c1N. The zero-order valence-corrected chi connectivity index (χ0v) is 6.58. The van der Waals surface area contributed by atoms with Gasteiger partial charge in [0.1, 0.15) is 0 Å². The minimum absolute atomic E-state index is 0.191. The first-order valence-corrected chi connectivity index (χ1v) is 4.14. The van der Waals surface area contributed by atoms with Gasteiger partial charge in [-0.1, -0.05) is 6.07 Å². The van der Waals surface area contributed by atoms with Crippen molar-refractivity contribution in [1.82, 2.24) is 0 Å².